The summed E-state index contributed by atoms with van der Waals surface area (Å²) in [5, 5.41) is 0.600. The number of nitrogens with zero attached hydrogens (tertiary/aromatic N) is 1. The van der Waals surface area contributed by atoms with Crippen LogP contribution in [0.2, 0.25) is 5.02 Å². The smallest absolute Gasteiger partial charge is 0.237 e. The van der Waals surface area contributed by atoms with Crippen LogP contribution in [-0.2, 0) is 9.59 Å². The first-order valence-electron chi connectivity index (χ1n) is 7.22. The van der Waals surface area contributed by atoms with Crippen molar-refractivity contribution in [2.45, 2.75) is 26.2 Å². The minimum absolute atomic E-state index is 0.00730. The Morgan fingerprint density at radius 2 is 1.70 bits per heavy atom. The molecule has 3 fully saturated rings. The van der Waals surface area contributed by atoms with Crippen LogP contribution < -0.4 is 4.90 Å². The number of amides is 2. The molecule has 3 aliphatic rings. The van der Waals surface area contributed by atoms with Gasteiger partial charge in [-0.1, -0.05) is 17.7 Å². The van der Waals surface area contributed by atoms with Gasteiger partial charge in [0.05, 0.1) is 17.5 Å². The third kappa shape index (κ3) is 1.47. The third-order valence-electron chi connectivity index (χ3n) is 5.34. The van der Waals surface area contributed by atoms with Crippen molar-refractivity contribution < 1.29 is 9.59 Å². The van der Waals surface area contributed by atoms with Crippen LogP contribution in [0.15, 0.2) is 18.2 Å². The molecule has 0 N–H and O–H groups in total. The van der Waals surface area contributed by atoms with Crippen LogP contribution >= 0.6 is 11.6 Å². The molecule has 0 radical (unpaired) electrons. The largest absolute Gasteiger partial charge is 0.274 e. The van der Waals surface area contributed by atoms with Crippen LogP contribution in [0.1, 0.15) is 24.8 Å². The van der Waals surface area contributed by atoms with E-state index in [4.69, 9.17) is 11.6 Å². The Labute approximate surface area is 122 Å². The molecule has 4 atom stereocenters. The maximum atomic E-state index is 12.6. The van der Waals surface area contributed by atoms with Crippen molar-refractivity contribution in [3.63, 3.8) is 0 Å². The number of hydrogen-bond donors (Lipinski definition) is 0. The van der Waals surface area contributed by atoms with Crippen molar-refractivity contribution in [2.75, 3.05) is 4.90 Å². The van der Waals surface area contributed by atoms with E-state index in [2.05, 4.69) is 0 Å². The van der Waals surface area contributed by atoms with Crippen LogP contribution in [0.3, 0.4) is 0 Å². The molecule has 4 heteroatoms. The van der Waals surface area contributed by atoms with Gasteiger partial charge in [-0.3, -0.25) is 9.59 Å². The van der Waals surface area contributed by atoms with Crippen LogP contribution in [0, 0.1) is 30.6 Å². The molecular formula is C16H16ClNO2. The zero-order chi connectivity index (χ0) is 14.0. The van der Waals surface area contributed by atoms with Gasteiger partial charge in [0.15, 0.2) is 0 Å². The van der Waals surface area contributed by atoms with Gasteiger partial charge >= 0.3 is 0 Å². The minimum atomic E-state index is -0.0682. The molecular weight excluding hydrogens is 274 g/mol. The Hall–Kier alpha value is -1.35. The number of anilines is 1. The van der Waals surface area contributed by atoms with E-state index >= 15 is 0 Å². The zero-order valence-electron chi connectivity index (χ0n) is 11.3. The molecule has 1 aromatic carbocycles. The fraction of sp³-hybridized carbons (Fsp3) is 0.500. The quantitative estimate of drug-likeness (QED) is 0.745. The van der Waals surface area contributed by atoms with E-state index in [1.807, 2.05) is 19.1 Å². The number of benzene rings is 1. The minimum Gasteiger partial charge on any atom is -0.274 e. The van der Waals surface area contributed by atoms with Gasteiger partial charge in [0, 0.05) is 5.02 Å². The second-order valence-corrected chi connectivity index (χ2v) is 6.74. The Morgan fingerprint density at radius 3 is 2.25 bits per heavy atom. The van der Waals surface area contributed by atoms with Gasteiger partial charge in [0.25, 0.3) is 0 Å². The Morgan fingerprint density at radius 1 is 1.10 bits per heavy atom. The summed E-state index contributed by atoms with van der Waals surface area (Å²) in [5.41, 5.74) is 1.58. The number of fused-ring (bicyclic) bond motifs is 5. The van der Waals surface area contributed by atoms with Crippen molar-refractivity contribution in [1.29, 1.82) is 0 Å². The lowest BCUT2D eigenvalue weighted by molar-refractivity contribution is -0.123. The molecule has 1 aromatic rings. The van der Waals surface area contributed by atoms with Crippen LogP contribution in [0.25, 0.3) is 0 Å². The molecule has 2 amide bonds. The van der Waals surface area contributed by atoms with Gasteiger partial charge in [-0.05, 0) is 55.7 Å². The Kier molecular flexibility index (Phi) is 2.53. The lowest BCUT2D eigenvalue weighted by atomic mass is 9.81. The van der Waals surface area contributed by atoms with Gasteiger partial charge < -0.3 is 0 Å². The van der Waals surface area contributed by atoms with Crippen LogP contribution in [0.5, 0.6) is 0 Å². The van der Waals surface area contributed by atoms with Gasteiger partial charge in [0.1, 0.15) is 0 Å². The summed E-state index contributed by atoms with van der Waals surface area (Å²) in [6.07, 6.45) is 3.27. The van der Waals surface area contributed by atoms with E-state index in [0.29, 0.717) is 22.5 Å². The lowest BCUT2D eigenvalue weighted by Crippen LogP contribution is -2.32. The van der Waals surface area contributed by atoms with E-state index < -0.39 is 0 Å². The average Bonchev–Trinajstić information content (AvgIpc) is 3.08. The van der Waals surface area contributed by atoms with Gasteiger partial charge in [-0.25, -0.2) is 4.90 Å². The molecule has 104 valence electrons. The standard InChI is InChI=1S/C16H16ClNO2/c1-8-2-5-11(7-12(8)17)18-15(19)13-9-3-4-10(6-9)14(13)16(18)20/h2,5,7,9-10,13-14H,3-4,6H2,1H3/t9-,10-,13-,14-/m0/s1. The summed E-state index contributed by atoms with van der Waals surface area (Å²) >= 11 is 6.13. The van der Waals surface area contributed by atoms with E-state index in [9.17, 15) is 9.59 Å². The fourth-order valence-corrected chi connectivity index (χ4v) is 4.56. The highest BCUT2D eigenvalue weighted by Crippen LogP contribution is 2.56. The van der Waals surface area contributed by atoms with Crippen molar-refractivity contribution in [1.82, 2.24) is 0 Å². The van der Waals surface area contributed by atoms with Crippen LogP contribution in [0.4, 0.5) is 5.69 Å². The summed E-state index contributed by atoms with van der Waals surface area (Å²) < 4.78 is 0. The predicted molar refractivity (Wildman–Crippen MR) is 76.5 cm³/mol. The number of aryl methyl sites for hydroxylation is 1. The second-order valence-electron chi connectivity index (χ2n) is 6.33. The molecule has 1 saturated heterocycles. The predicted octanol–water partition coefficient (Wildman–Crippen LogP) is 3.18. The Bertz CT molecular complexity index is 599. The molecule has 2 saturated carbocycles. The Balaban J connectivity index is 1.74. The van der Waals surface area contributed by atoms with E-state index in [1.54, 1.807) is 6.07 Å². The molecule has 4 rings (SSSR count). The SMILES string of the molecule is Cc1ccc(N2C(=O)[C@H]3[C@H]4CC[C@@H](C4)[C@@H]3C2=O)cc1Cl. The first kappa shape index (κ1) is 12.4. The molecule has 1 aliphatic heterocycles. The molecule has 3 nitrogen and oxygen atoms in total. The maximum absolute atomic E-state index is 12.6. The topological polar surface area (TPSA) is 37.4 Å². The lowest BCUT2D eigenvalue weighted by Gasteiger charge is -2.19. The highest BCUT2D eigenvalue weighted by Gasteiger charge is 2.61. The maximum Gasteiger partial charge on any atom is 0.237 e. The van der Waals surface area contributed by atoms with Crippen molar-refractivity contribution in [3.8, 4) is 0 Å². The second kappa shape index (κ2) is 4.08. The van der Waals surface area contributed by atoms with Crippen LogP contribution in [-0.4, -0.2) is 11.8 Å². The zero-order valence-corrected chi connectivity index (χ0v) is 12.1. The average molecular weight is 290 g/mol. The van der Waals surface area contributed by atoms with Gasteiger partial charge in [0.2, 0.25) is 11.8 Å². The number of imide groups is 1. The monoisotopic (exact) mass is 289 g/mol. The number of carbonyl (C=O) groups is 2. The molecule has 20 heavy (non-hydrogen) atoms. The number of halogens is 1. The molecule has 1 heterocycles. The summed E-state index contributed by atoms with van der Waals surface area (Å²) in [6.45, 7) is 1.91. The van der Waals surface area contributed by atoms with E-state index in [0.717, 1.165) is 24.8 Å². The molecule has 2 bridgehead atoms. The van der Waals surface area contributed by atoms with Crippen molar-refractivity contribution in [3.05, 3.63) is 28.8 Å². The summed E-state index contributed by atoms with van der Waals surface area (Å²) in [6, 6.07) is 5.41. The summed E-state index contributed by atoms with van der Waals surface area (Å²) in [5.74, 6) is 0.696. The summed E-state index contributed by atoms with van der Waals surface area (Å²) in [4.78, 5) is 26.7. The molecule has 0 spiro atoms. The van der Waals surface area contributed by atoms with E-state index in [1.165, 1.54) is 4.90 Å². The normalized spacial score (nSPS) is 35.0. The van der Waals surface area contributed by atoms with Gasteiger partial charge in [-0.2, -0.15) is 0 Å². The number of rotatable bonds is 1. The molecule has 0 aromatic heterocycles. The van der Waals surface area contributed by atoms with Crippen molar-refractivity contribution >= 4 is 29.1 Å². The number of carbonyl (C=O) groups excluding carboxylic acids is 2. The fourth-order valence-electron chi connectivity index (χ4n) is 4.38. The molecule has 2 aliphatic carbocycles. The first-order valence-corrected chi connectivity index (χ1v) is 7.59. The molecule has 0 unspecified atom stereocenters. The highest BCUT2D eigenvalue weighted by molar-refractivity contribution is 6.32. The van der Waals surface area contributed by atoms with E-state index in [-0.39, 0.29) is 23.7 Å². The summed E-state index contributed by atoms with van der Waals surface area (Å²) in [7, 11) is 0. The first-order chi connectivity index (χ1) is 9.58. The number of hydrogen-bond acceptors (Lipinski definition) is 2. The van der Waals surface area contributed by atoms with Crippen molar-refractivity contribution in [2.24, 2.45) is 23.7 Å². The van der Waals surface area contributed by atoms with Gasteiger partial charge in [-0.15, -0.1) is 0 Å². The highest BCUT2D eigenvalue weighted by atomic mass is 35.5. The third-order valence-corrected chi connectivity index (χ3v) is 5.75.